The summed E-state index contributed by atoms with van der Waals surface area (Å²) in [5, 5.41) is 13.4. The van der Waals surface area contributed by atoms with Gasteiger partial charge < -0.3 is 16.0 Å². The van der Waals surface area contributed by atoms with Crippen LogP contribution in [0.15, 0.2) is 12.4 Å². The van der Waals surface area contributed by atoms with Gasteiger partial charge in [0.15, 0.2) is 0 Å². The van der Waals surface area contributed by atoms with Crippen molar-refractivity contribution in [2.45, 2.75) is 44.4 Å². The van der Waals surface area contributed by atoms with Crippen molar-refractivity contribution < 1.29 is 9.59 Å². The maximum atomic E-state index is 12.5. The van der Waals surface area contributed by atoms with Crippen LogP contribution in [0.3, 0.4) is 0 Å². The Balaban J connectivity index is 1.36. The molecule has 144 valence electrons. The summed E-state index contributed by atoms with van der Waals surface area (Å²) in [6.07, 6.45) is 10.6. The van der Waals surface area contributed by atoms with E-state index < -0.39 is 0 Å². The zero-order valence-electron chi connectivity index (χ0n) is 15.7. The normalized spacial score (nSPS) is 23.7. The van der Waals surface area contributed by atoms with Crippen molar-refractivity contribution in [1.29, 1.82) is 0 Å². The maximum Gasteiger partial charge on any atom is 0.225 e. The van der Waals surface area contributed by atoms with E-state index in [0.29, 0.717) is 32.0 Å². The SMILES string of the molecule is Cn1cc([C@H]2CNC[C@@H]2C(=O)NCCNC(=O)CC2CCCCC2)cn1. The molecule has 1 aliphatic heterocycles. The van der Waals surface area contributed by atoms with Gasteiger partial charge in [0.1, 0.15) is 0 Å². The van der Waals surface area contributed by atoms with Gasteiger partial charge in [-0.05, 0) is 24.3 Å². The van der Waals surface area contributed by atoms with E-state index in [9.17, 15) is 9.59 Å². The molecular formula is C19H31N5O2. The average Bonchev–Trinajstić information content (AvgIpc) is 3.28. The van der Waals surface area contributed by atoms with Gasteiger partial charge in [0.05, 0.1) is 12.1 Å². The molecule has 3 N–H and O–H groups in total. The Morgan fingerprint density at radius 3 is 2.69 bits per heavy atom. The molecule has 7 nitrogen and oxygen atoms in total. The third-order valence-corrected chi connectivity index (χ3v) is 5.65. The molecule has 1 aromatic rings. The molecule has 3 rings (SSSR count). The number of amides is 2. The van der Waals surface area contributed by atoms with E-state index in [4.69, 9.17) is 0 Å². The molecule has 1 saturated carbocycles. The lowest BCUT2D eigenvalue weighted by molar-refractivity contribution is -0.125. The minimum atomic E-state index is -0.0860. The molecule has 0 spiro atoms. The van der Waals surface area contributed by atoms with Crippen LogP contribution in [0.2, 0.25) is 0 Å². The average molecular weight is 361 g/mol. The summed E-state index contributed by atoms with van der Waals surface area (Å²) in [6.45, 7) is 2.45. The molecule has 26 heavy (non-hydrogen) atoms. The van der Waals surface area contributed by atoms with E-state index in [-0.39, 0.29) is 23.7 Å². The topological polar surface area (TPSA) is 88.0 Å². The van der Waals surface area contributed by atoms with Crippen molar-refractivity contribution in [3.8, 4) is 0 Å². The number of rotatable bonds is 7. The molecule has 1 aromatic heterocycles. The van der Waals surface area contributed by atoms with Crippen LogP contribution in [0.4, 0.5) is 0 Å². The van der Waals surface area contributed by atoms with Crippen LogP contribution >= 0.6 is 0 Å². The van der Waals surface area contributed by atoms with E-state index in [1.54, 1.807) is 4.68 Å². The molecule has 2 amide bonds. The molecule has 0 aromatic carbocycles. The molecule has 0 unspecified atom stereocenters. The minimum absolute atomic E-state index is 0.0467. The predicted molar refractivity (Wildman–Crippen MR) is 99.5 cm³/mol. The van der Waals surface area contributed by atoms with Crippen molar-refractivity contribution in [3.05, 3.63) is 18.0 Å². The third kappa shape index (κ3) is 5.06. The number of nitrogens with one attached hydrogen (secondary N) is 3. The molecule has 0 radical (unpaired) electrons. The Hall–Kier alpha value is -1.89. The summed E-state index contributed by atoms with van der Waals surface area (Å²) in [6, 6.07) is 0. The maximum absolute atomic E-state index is 12.5. The first-order valence-corrected chi connectivity index (χ1v) is 9.87. The van der Waals surface area contributed by atoms with E-state index in [0.717, 1.165) is 12.1 Å². The van der Waals surface area contributed by atoms with E-state index in [2.05, 4.69) is 21.0 Å². The fraction of sp³-hybridized carbons (Fsp3) is 0.737. The van der Waals surface area contributed by atoms with Crippen LogP contribution in [-0.4, -0.2) is 47.8 Å². The summed E-state index contributed by atoms with van der Waals surface area (Å²) in [5.74, 6) is 0.775. The molecule has 1 aliphatic carbocycles. The fourth-order valence-electron chi connectivity index (χ4n) is 4.18. The van der Waals surface area contributed by atoms with Gasteiger partial charge in [0, 0.05) is 51.8 Å². The highest BCUT2D eigenvalue weighted by Gasteiger charge is 2.34. The molecule has 2 fully saturated rings. The summed E-state index contributed by atoms with van der Waals surface area (Å²) >= 11 is 0. The molecule has 0 bridgehead atoms. The number of aryl methyl sites for hydroxylation is 1. The van der Waals surface area contributed by atoms with E-state index in [1.165, 1.54) is 32.1 Å². The van der Waals surface area contributed by atoms with E-state index >= 15 is 0 Å². The highest BCUT2D eigenvalue weighted by molar-refractivity contribution is 5.80. The minimum Gasteiger partial charge on any atom is -0.354 e. The second kappa shape index (κ2) is 9.16. The fourth-order valence-corrected chi connectivity index (χ4v) is 4.18. The van der Waals surface area contributed by atoms with Crippen LogP contribution in [0.5, 0.6) is 0 Å². The second-order valence-corrected chi connectivity index (χ2v) is 7.67. The first kappa shape index (κ1) is 18.9. The van der Waals surface area contributed by atoms with Gasteiger partial charge >= 0.3 is 0 Å². The van der Waals surface area contributed by atoms with Gasteiger partial charge in [-0.2, -0.15) is 5.10 Å². The zero-order valence-corrected chi connectivity index (χ0v) is 15.7. The number of carbonyl (C=O) groups excluding carboxylic acids is 2. The van der Waals surface area contributed by atoms with Crippen LogP contribution in [0, 0.1) is 11.8 Å². The molecule has 1 saturated heterocycles. The van der Waals surface area contributed by atoms with Crippen molar-refractivity contribution >= 4 is 11.8 Å². The molecule has 2 aliphatic rings. The number of hydrogen-bond acceptors (Lipinski definition) is 4. The Morgan fingerprint density at radius 2 is 1.96 bits per heavy atom. The molecular weight excluding hydrogens is 330 g/mol. The summed E-state index contributed by atoms with van der Waals surface area (Å²) < 4.78 is 1.77. The van der Waals surface area contributed by atoms with Crippen LogP contribution < -0.4 is 16.0 Å². The molecule has 2 atom stereocenters. The summed E-state index contributed by atoms with van der Waals surface area (Å²) in [5.41, 5.74) is 1.10. The second-order valence-electron chi connectivity index (χ2n) is 7.67. The predicted octanol–water partition coefficient (Wildman–Crippen LogP) is 0.926. The third-order valence-electron chi connectivity index (χ3n) is 5.65. The monoisotopic (exact) mass is 361 g/mol. The highest BCUT2D eigenvalue weighted by Crippen LogP contribution is 2.28. The largest absolute Gasteiger partial charge is 0.354 e. The first-order chi connectivity index (χ1) is 12.6. The van der Waals surface area contributed by atoms with Crippen molar-refractivity contribution in [3.63, 3.8) is 0 Å². The number of carbonyl (C=O) groups is 2. The molecule has 2 heterocycles. The molecule has 7 heteroatoms. The first-order valence-electron chi connectivity index (χ1n) is 9.87. The Bertz CT molecular complexity index is 609. The number of nitrogens with zero attached hydrogens (tertiary/aromatic N) is 2. The summed E-state index contributed by atoms with van der Waals surface area (Å²) in [4.78, 5) is 24.5. The Morgan fingerprint density at radius 1 is 1.19 bits per heavy atom. The van der Waals surface area contributed by atoms with Crippen molar-refractivity contribution in [1.82, 2.24) is 25.7 Å². The van der Waals surface area contributed by atoms with Crippen LogP contribution in [0.1, 0.15) is 50.0 Å². The van der Waals surface area contributed by atoms with Gasteiger partial charge in [-0.1, -0.05) is 19.3 Å². The lowest BCUT2D eigenvalue weighted by atomic mass is 9.87. The zero-order chi connectivity index (χ0) is 18.4. The highest BCUT2D eigenvalue weighted by atomic mass is 16.2. The van der Waals surface area contributed by atoms with Crippen molar-refractivity contribution in [2.24, 2.45) is 18.9 Å². The van der Waals surface area contributed by atoms with Gasteiger partial charge in [-0.15, -0.1) is 0 Å². The lowest BCUT2D eigenvalue weighted by Crippen LogP contribution is -2.39. The lowest BCUT2D eigenvalue weighted by Gasteiger charge is -2.21. The van der Waals surface area contributed by atoms with Gasteiger partial charge in [-0.3, -0.25) is 14.3 Å². The van der Waals surface area contributed by atoms with Gasteiger partial charge in [-0.25, -0.2) is 0 Å². The smallest absolute Gasteiger partial charge is 0.225 e. The Kier molecular flexibility index (Phi) is 6.66. The van der Waals surface area contributed by atoms with Gasteiger partial charge in [0.2, 0.25) is 11.8 Å². The van der Waals surface area contributed by atoms with Crippen molar-refractivity contribution in [2.75, 3.05) is 26.2 Å². The quantitative estimate of drug-likeness (QED) is 0.631. The van der Waals surface area contributed by atoms with Gasteiger partial charge in [0.25, 0.3) is 0 Å². The van der Waals surface area contributed by atoms with E-state index in [1.807, 2.05) is 19.4 Å². The standard InChI is InChI=1S/C19H31N5O2/c1-24-13-15(10-23-24)16-11-20-12-17(16)19(26)22-8-7-21-18(25)9-14-5-3-2-4-6-14/h10,13-14,16-17,20H,2-9,11-12H2,1H3,(H,21,25)(H,22,26)/t16-,17+/m1/s1. The number of hydrogen-bond donors (Lipinski definition) is 3. The summed E-state index contributed by atoms with van der Waals surface area (Å²) in [7, 11) is 1.89. The Labute approximate surface area is 155 Å². The van der Waals surface area contributed by atoms with Crippen LogP contribution in [0.25, 0.3) is 0 Å². The number of aromatic nitrogens is 2. The van der Waals surface area contributed by atoms with Crippen LogP contribution in [-0.2, 0) is 16.6 Å².